The minimum Gasteiger partial charge on any atom is -0.445 e. The van der Waals surface area contributed by atoms with E-state index >= 15 is 0 Å². The number of primary amides is 1. The number of hydrogen-bond donors (Lipinski definition) is 3. The summed E-state index contributed by atoms with van der Waals surface area (Å²) in [6.07, 6.45) is 1.17. The molecule has 40 heavy (non-hydrogen) atoms. The number of carbonyl (C=O) groups excluding carboxylic acids is 5. The van der Waals surface area contributed by atoms with E-state index in [1.807, 2.05) is 6.92 Å². The topological polar surface area (TPSA) is 225 Å². The lowest BCUT2D eigenvalue weighted by Crippen LogP contribution is -2.70. The van der Waals surface area contributed by atoms with Gasteiger partial charge in [-0.1, -0.05) is 13.0 Å². The van der Waals surface area contributed by atoms with Crippen molar-refractivity contribution in [2.75, 3.05) is 24.9 Å². The summed E-state index contributed by atoms with van der Waals surface area (Å²) in [4.78, 5) is 67.6. The van der Waals surface area contributed by atoms with Crippen molar-refractivity contribution in [3.05, 3.63) is 28.4 Å². The molecule has 0 aliphatic carbocycles. The van der Waals surface area contributed by atoms with Gasteiger partial charge in [-0.3, -0.25) is 19.3 Å². The summed E-state index contributed by atoms with van der Waals surface area (Å²) in [5, 5.41) is 4.03. The first-order valence-electron chi connectivity index (χ1n) is 11.5. The van der Waals surface area contributed by atoms with Gasteiger partial charge in [0.15, 0.2) is 5.13 Å². The number of nitrogens with one attached hydrogen (secondary N) is 1. The summed E-state index contributed by atoms with van der Waals surface area (Å²) >= 11 is 2.45. The number of hydrogen-bond acceptors (Lipinski definition) is 12. The van der Waals surface area contributed by atoms with Crippen LogP contribution in [-0.4, -0.2) is 75.8 Å². The van der Waals surface area contributed by atoms with E-state index in [9.17, 15) is 24.0 Å². The van der Waals surface area contributed by atoms with Crippen molar-refractivity contribution >= 4 is 76.1 Å². The lowest BCUT2D eigenvalue weighted by atomic mass is 9.98. The second kappa shape index (κ2) is 14.3. The third-order valence-corrected chi connectivity index (χ3v) is 7.37. The zero-order chi connectivity index (χ0) is 28.2. The largest absolute Gasteiger partial charge is 0.445 e. The van der Waals surface area contributed by atoms with E-state index in [-0.39, 0.29) is 47.1 Å². The highest BCUT2D eigenvalue weighted by atomic mass is 35.5. The van der Waals surface area contributed by atoms with Crippen molar-refractivity contribution in [2.24, 2.45) is 11.1 Å². The Balaban J connectivity index is 0.00000400. The third-order valence-electron chi connectivity index (χ3n) is 5.36. The number of halogens is 1. The Morgan fingerprint density at radius 3 is 2.45 bits per heavy atom. The van der Waals surface area contributed by atoms with Gasteiger partial charge in [0, 0.05) is 16.7 Å². The lowest BCUT2D eigenvalue weighted by Gasteiger charge is -2.49. The standard InChI is InChI=1S/C23H29N5O8S2.ClH.H2O/c1-5-6-12(13-9-38-21(24)26-13)16(29)27-14-17(30)28-15(11(7-34-22(25)33)8-37-18(14)28)19(31)35-10-36-20(32)23(2,3)4;;/h6,9,14,18H,5,7-8,10H2,1-4H3,(H2,24,26)(H2,25,33)(H,27,29);1H;1H2/t14-,18-;;/m1../s1. The zero-order valence-corrected chi connectivity index (χ0v) is 24.6. The molecule has 0 unspecified atom stereocenters. The molecule has 1 fully saturated rings. The van der Waals surface area contributed by atoms with Crippen molar-refractivity contribution in [3.63, 3.8) is 0 Å². The number of aromatic nitrogens is 1. The molecule has 2 aliphatic heterocycles. The fourth-order valence-electron chi connectivity index (χ4n) is 3.51. The first-order valence-corrected chi connectivity index (χ1v) is 13.4. The predicted molar refractivity (Wildman–Crippen MR) is 150 cm³/mol. The molecular formula is C23H32ClN5O9S2. The van der Waals surface area contributed by atoms with Crippen molar-refractivity contribution in [1.29, 1.82) is 0 Å². The van der Waals surface area contributed by atoms with Crippen LogP contribution in [0.15, 0.2) is 22.7 Å². The summed E-state index contributed by atoms with van der Waals surface area (Å²) in [6.45, 7) is 5.74. The highest BCUT2D eigenvalue weighted by Crippen LogP contribution is 2.41. The van der Waals surface area contributed by atoms with Crippen LogP contribution in [-0.2, 0) is 33.4 Å². The molecule has 222 valence electrons. The number of rotatable bonds is 9. The molecule has 0 spiro atoms. The van der Waals surface area contributed by atoms with Crippen LogP contribution in [0, 0.1) is 5.41 Å². The molecule has 1 saturated heterocycles. The number of esters is 2. The molecule has 14 nitrogen and oxygen atoms in total. The van der Waals surface area contributed by atoms with E-state index in [2.05, 4.69) is 10.3 Å². The Morgan fingerprint density at radius 1 is 1.23 bits per heavy atom. The molecule has 0 aromatic carbocycles. The average molecular weight is 622 g/mol. The fraction of sp³-hybridized carbons (Fsp3) is 0.478. The molecule has 0 radical (unpaired) electrons. The van der Waals surface area contributed by atoms with E-state index in [4.69, 9.17) is 25.7 Å². The SMILES string of the molecule is CCC=C(C(=O)N[C@@H]1C(=O)N2C(C(=O)OCOC(=O)C(C)(C)C)=C(COC(N)=O)CS[C@H]12)c1csc(N)n1.Cl.O. The summed E-state index contributed by atoms with van der Waals surface area (Å²) in [7, 11) is 0. The molecule has 3 amide bonds. The Labute approximate surface area is 244 Å². The minimum atomic E-state index is -1.06. The number of amides is 3. The molecule has 0 saturated carbocycles. The number of nitrogen functional groups attached to an aromatic ring is 1. The number of ether oxygens (including phenoxy) is 3. The summed E-state index contributed by atoms with van der Waals surface area (Å²) in [5.74, 6) is -2.45. The van der Waals surface area contributed by atoms with Gasteiger partial charge in [-0.25, -0.2) is 14.6 Å². The fourth-order valence-corrected chi connectivity index (χ4v) is 5.40. The van der Waals surface area contributed by atoms with Gasteiger partial charge in [0.05, 0.1) is 16.7 Å². The van der Waals surface area contributed by atoms with E-state index in [1.165, 1.54) is 23.1 Å². The number of β-lactam (4-membered cyclic amide) rings is 1. The monoisotopic (exact) mass is 621 g/mol. The first kappa shape index (κ1) is 34.7. The van der Waals surface area contributed by atoms with Gasteiger partial charge >= 0.3 is 18.0 Å². The number of fused-ring (bicyclic) bond motifs is 1. The second-order valence-corrected chi connectivity index (χ2v) is 11.2. The van der Waals surface area contributed by atoms with Crippen molar-refractivity contribution in [2.45, 2.75) is 45.5 Å². The van der Waals surface area contributed by atoms with Gasteiger partial charge in [-0.15, -0.1) is 35.5 Å². The molecule has 1 aromatic heterocycles. The van der Waals surface area contributed by atoms with E-state index in [0.29, 0.717) is 17.2 Å². The van der Waals surface area contributed by atoms with Crippen molar-refractivity contribution < 1.29 is 43.7 Å². The highest BCUT2D eigenvalue weighted by molar-refractivity contribution is 8.00. The van der Waals surface area contributed by atoms with Crippen molar-refractivity contribution in [1.82, 2.24) is 15.2 Å². The van der Waals surface area contributed by atoms with Crippen molar-refractivity contribution in [3.8, 4) is 0 Å². The van der Waals surface area contributed by atoms with Crippen LogP contribution in [0.2, 0.25) is 0 Å². The van der Waals surface area contributed by atoms with Gasteiger partial charge < -0.3 is 36.5 Å². The minimum absolute atomic E-state index is 0. The van der Waals surface area contributed by atoms with Gasteiger partial charge in [-0.05, 0) is 27.2 Å². The average Bonchev–Trinajstić information content (AvgIpc) is 3.28. The molecule has 1 aromatic rings. The molecule has 2 aliphatic rings. The van der Waals surface area contributed by atoms with Crippen LogP contribution in [0.4, 0.5) is 9.93 Å². The van der Waals surface area contributed by atoms with Crippen LogP contribution >= 0.6 is 35.5 Å². The smallest absolute Gasteiger partial charge is 0.404 e. The Kier molecular flexibility index (Phi) is 12.4. The number of nitrogens with zero attached hydrogens (tertiary/aromatic N) is 2. The second-order valence-electron chi connectivity index (χ2n) is 9.25. The number of thioether (sulfide) groups is 1. The third kappa shape index (κ3) is 7.87. The van der Waals surface area contributed by atoms with Gasteiger partial charge in [-0.2, -0.15) is 0 Å². The van der Waals surface area contributed by atoms with E-state index < -0.39 is 53.5 Å². The Bertz CT molecular complexity index is 1210. The quantitative estimate of drug-likeness (QED) is 0.152. The molecule has 2 atom stereocenters. The molecule has 7 N–H and O–H groups in total. The van der Waals surface area contributed by atoms with E-state index in [1.54, 1.807) is 32.2 Å². The van der Waals surface area contributed by atoms with Crippen LogP contribution in [0.1, 0.15) is 39.8 Å². The van der Waals surface area contributed by atoms with Crippen LogP contribution < -0.4 is 16.8 Å². The Hall–Kier alpha value is -3.34. The molecule has 3 heterocycles. The maximum atomic E-state index is 13.1. The summed E-state index contributed by atoms with van der Waals surface area (Å²) in [6, 6.07) is -0.941. The zero-order valence-electron chi connectivity index (χ0n) is 22.2. The molecular weight excluding hydrogens is 590 g/mol. The van der Waals surface area contributed by atoms with Crippen LogP contribution in [0.25, 0.3) is 5.57 Å². The summed E-state index contributed by atoms with van der Waals surface area (Å²) < 4.78 is 14.9. The molecule has 17 heteroatoms. The first-order chi connectivity index (χ1) is 17.8. The number of anilines is 1. The number of thiazole rings is 1. The van der Waals surface area contributed by atoms with Crippen LogP contribution in [0.3, 0.4) is 0 Å². The lowest BCUT2D eigenvalue weighted by molar-refractivity contribution is -0.173. The van der Waals surface area contributed by atoms with Crippen LogP contribution in [0.5, 0.6) is 0 Å². The highest BCUT2D eigenvalue weighted by Gasteiger charge is 2.54. The van der Waals surface area contributed by atoms with Gasteiger partial charge in [0.2, 0.25) is 6.79 Å². The predicted octanol–water partition coefficient (Wildman–Crippen LogP) is 0.955. The van der Waals surface area contributed by atoms with E-state index in [0.717, 1.165) is 4.90 Å². The number of carbonyl (C=O) groups is 5. The van der Waals surface area contributed by atoms with Gasteiger partial charge in [0.1, 0.15) is 23.7 Å². The maximum absolute atomic E-state index is 13.1. The molecule has 3 rings (SSSR count). The number of allylic oxidation sites excluding steroid dienone is 1. The molecule has 0 bridgehead atoms. The number of nitrogens with two attached hydrogens (primary N) is 2. The van der Waals surface area contributed by atoms with Gasteiger partial charge in [0.25, 0.3) is 11.8 Å². The Morgan fingerprint density at radius 2 is 1.90 bits per heavy atom. The summed E-state index contributed by atoms with van der Waals surface area (Å²) in [5.41, 5.74) is 10.7. The maximum Gasteiger partial charge on any atom is 0.404 e. The normalized spacial score (nSPS) is 18.4.